The summed E-state index contributed by atoms with van der Waals surface area (Å²) in [5.41, 5.74) is 4.35. The molecule has 0 atom stereocenters. The van der Waals surface area contributed by atoms with Crippen molar-refractivity contribution < 1.29 is 12.8 Å². The van der Waals surface area contributed by atoms with Gasteiger partial charge in [-0.3, -0.25) is 0 Å². The molecule has 3 aromatic carbocycles. The summed E-state index contributed by atoms with van der Waals surface area (Å²) >= 11 is 4.52. The highest BCUT2D eigenvalue weighted by Gasteiger charge is 2.15. The number of halogens is 1. The molecule has 0 radical (unpaired) electrons. The zero-order chi connectivity index (χ0) is 19.8. The lowest BCUT2D eigenvalue weighted by molar-refractivity contribution is 0.568. The molecule has 7 heteroatoms. The summed E-state index contributed by atoms with van der Waals surface area (Å²) < 4.78 is 36.8. The fourth-order valence-corrected chi connectivity index (χ4v) is 3.71. The highest BCUT2D eigenvalue weighted by Crippen LogP contribution is 2.33. The van der Waals surface area contributed by atoms with Crippen LogP contribution < -0.4 is 5.14 Å². The molecule has 0 heterocycles. The molecule has 3 rings (SSSR count). The summed E-state index contributed by atoms with van der Waals surface area (Å²) in [6.07, 6.45) is 0. The van der Waals surface area contributed by atoms with E-state index in [9.17, 15) is 18.1 Å². The molecular formula is C20H15FN2O2S2. The SMILES string of the molecule is Cc1ccc(-c2ccc(-c3ccc(S(N)(=O)=O)c(F)c3)cc2S)cc1C#N. The van der Waals surface area contributed by atoms with Gasteiger partial charge in [-0.25, -0.2) is 17.9 Å². The standard InChI is InChI=1S/C20H15FN2O2S2/c1-12-2-3-15(8-16(12)11-22)17-6-4-14(10-19(17)26)13-5-7-20(18(21)9-13)27(23,24)25/h2-10,26H,1H3,(H2,23,24,25). The first kappa shape index (κ1) is 19.1. The number of hydrogen-bond acceptors (Lipinski definition) is 4. The molecule has 27 heavy (non-hydrogen) atoms. The molecular weight excluding hydrogens is 383 g/mol. The Morgan fingerprint density at radius 3 is 2.22 bits per heavy atom. The van der Waals surface area contributed by atoms with E-state index in [1.54, 1.807) is 18.2 Å². The van der Waals surface area contributed by atoms with Crippen LogP contribution in [0.5, 0.6) is 0 Å². The topological polar surface area (TPSA) is 84.0 Å². The van der Waals surface area contributed by atoms with Crippen molar-refractivity contribution in [2.24, 2.45) is 5.14 Å². The van der Waals surface area contributed by atoms with Gasteiger partial charge in [-0.15, -0.1) is 12.6 Å². The quantitative estimate of drug-likeness (QED) is 0.646. The molecule has 4 nitrogen and oxygen atoms in total. The van der Waals surface area contributed by atoms with Crippen LogP contribution in [0, 0.1) is 24.1 Å². The van der Waals surface area contributed by atoms with Gasteiger partial charge in [0.15, 0.2) is 0 Å². The van der Waals surface area contributed by atoms with Crippen molar-refractivity contribution in [1.29, 1.82) is 5.26 Å². The number of sulfonamides is 1. The predicted molar refractivity (Wildman–Crippen MR) is 105 cm³/mol. The Hall–Kier alpha value is -2.66. The molecule has 0 aliphatic carbocycles. The Labute approximate surface area is 162 Å². The molecule has 0 spiro atoms. The highest BCUT2D eigenvalue weighted by atomic mass is 32.2. The molecule has 0 aromatic heterocycles. The minimum Gasteiger partial charge on any atom is -0.225 e. The zero-order valence-electron chi connectivity index (χ0n) is 14.3. The van der Waals surface area contributed by atoms with E-state index in [1.807, 2.05) is 25.1 Å². The molecule has 2 N–H and O–H groups in total. The van der Waals surface area contributed by atoms with Gasteiger partial charge in [0.1, 0.15) is 10.7 Å². The van der Waals surface area contributed by atoms with E-state index in [4.69, 9.17) is 5.14 Å². The van der Waals surface area contributed by atoms with Gasteiger partial charge in [0.25, 0.3) is 0 Å². The summed E-state index contributed by atoms with van der Waals surface area (Å²) in [5, 5.41) is 14.2. The second-order valence-corrected chi connectivity index (χ2v) is 8.08. The average Bonchev–Trinajstić information content (AvgIpc) is 2.61. The molecule has 136 valence electrons. The minimum absolute atomic E-state index is 0.503. The van der Waals surface area contributed by atoms with Crippen LogP contribution in [0.1, 0.15) is 11.1 Å². The lowest BCUT2D eigenvalue weighted by Gasteiger charge is -2.10. The van der Waals surface area contributed by atoms with Crippen LogP contribution in [0.4, 0.5) is 4.39 Å². The van der Waals surface area contributed by atoms with Gasteiger partial charge in [-0.2, -0.15) is 5.26 Å². The fraction of sp³-hybridized carbons (Fsp3) is 0.0500. The van der Waals surface area contributed by atoms with Gasteiger partial charge in [0.05, 0.1) is 11.6 Å². The summed E-state index contributed by atoms with van der Waals surface area (Å²) in [5.74, 6) is -0.906. The lowest BCUT2D eigenvalue weighted by Crippen LogP contribution is -2.13. The maximum atomic E-state index is 14.1. The van der Waals surface area contributed by atoms with Crippen LogP contribution in [0.2, 0.25) is 0 Å². The Morgan fingerprint density at radius 1 is 1.00 bits per heavy atom. The largest absolute Gasteiger partial charge is 0.240 e. The predicted octanol–water partition coefficient (Wildman–Crippen LogP) is 4.28. The van der Waals surface area contributed by atoms with E-state index in [1.165, 1.54) is 6.07 Å². The molecule has 0 amide bonds. The Balaban J connectivity index is 2.03. The van der Waals surface area contributed by atoms with Crippen molar-refractivity contribution in [3.05, 3.63) is 71.5 Å². The van der Waals surface area contributed by atoms with Crippen molar-refractivity contribution in [1.82, 2.24) is 0 Å². The lowest BCUT2D eigenvalue weighted by atomic mass is 9.97. The number of rotatable bonds is 3. The van der Waals surface area contributed by atoms with Crippen LogP contribution in [-0.4, -0.2) is 8.42 Å². The van der Waals surface area contributed by atoms with Crippen molar-refractivity contribution in [2.75, 3.05) is 0 Å². The molecule has 0 aliphatic heterocycles. The summed E-state index contributed by atoms with van der Waals surface area (Å²) in [4.78, 5) is 0.105. The number of nitrogens with two attached hydrogens (primary N) is 1. The van der Waals surface area contributed by atoms with Crippen molar-refractivity contribution in [3.63, 3.8) is 0 Å². The monoisotopic (exact) mass is 398 g/mol. The molecule has 0 unspecified atom stereocenters. The minimum atomic E-state index is -4.11. The summed E-state index contributed by atoms with van der Waals surface area (Å²) in [6, 6.07) is 16.9. The molecule has 3 aromatic rings. The maximum Gasteiger partial charge on any atom is 0.240 e. The summed E-state index contributed by atoms with van der Waals surface area (Å²) in [6.45, 7) is 1.87. The molecule has 0 saturated carbocycles. The van der Waals surface area contributed by atoms with E-state index >= 15 is 0 Å². The second-order valence-electron chi connectivity index (χ2n) is 6.06. The van der Waals surface area contributed by atoms with Gasteiger partial charge < -0.3 is 0 Å². The average molecular weight is 398 g/mol. The molecule has 0 fully saturated rings. The van der Waals surface area contributed by atoms with E-state index in [0.717, 1.165) is 28.8 Å². The van der Waals surface area contributed by atoms with E-state index in [-0.39, 0.29) is 0 Å². The maximum absolute atomic E-state index is 14.1. The van der Waals surface area contributed by atoms with Crippen LogP contribution in [-0.2, 0) is 10.0 Å². The third kappa shape index (κ3) is 3.88. The number of benzene rings is 3. The summed E-state index contributed by atoms with van der Waals surface area (Å²) in [7, 11) is -4.11. The van der Waals surface area contributed by atoms with E-state index < -0.39 is 20.7 Å². The Bertz CT molecular complexity index is 1200. The Morgan fingerprint density at radius 2 is 1.63 bits per heavy atom. The number of nitrogens with zero attached hydrogens (tertiary/aromatic N) is 1. The smallest absolute Gasteiger partial charge is 0.225 e. The van der Waals surface area contributed by atoms with Gasteiger partial charge in [0, 0.05) is 4.90 Å². The van der Waals surface area contributed by atoms with Crippen LogP contribution in [0.15, 0.2) is 64.4 Å². The van der Waals surface area contributed by atoms with Crippen LogP contribution in [0.25, 0.3) is 22.3 Å². The second kappa shape index (κ2) is 7.16. The first-order chi connectivity index (χ1) is 12.7. The van der Waals surface area contributed by atoms with Crippen LogP contribution >= 0.6 is 12.6 Å². The van der Waals surface area contributed by atoms with Gasteiger partial charge in [-0.1, -0.05) is 30.3 Å². The Kier molecular flexibility index (Phi) is 5.07. The van der Waals surface area contributed by atoms with E-state index in [2.05, 4.69) is 18.7 Å². The zero-order valence-corrected chi connectivity index (χ0v) is 16.0. The van der Waals surface area contributed by atoms with Gasteiger partial charge >= 0.3 is 0 Å². The number of thiol groups is 1. The van der Waals surface area contributed by atoms with Gasteiger partial charge in [0.2, 0.25) is 10.0 Å². The number of hydrogen-bond donors (Lipinski definition) is 2. The van der Waals surface area contributed by atoms with E-state index in [0.29, 0.717) is 21.6 Å². The molecule has 0 saturated heterocycles. The number of aryl methyl sites for hydroxylation is 1. The van der Waals surface area contributed by atoms with Crippen molar-refractivity contribution in [3.8, 4) is 28.3 Å². The first-order valence-corrected chi connectivity index (χ1v) is 9.87. The number of nitriles is 1. The van der Waals surface area contributed by atoms with Gasteiger partial charge in [-0.05, 0) is 59.0 Å². The highest BCUT2D eigenvalue weighted by molar-refractivity contribution is 7.89. The van der Waals surface area contributed by atoms with Crippen molar-refractivity contribution >= 4 is 22.7 Å². The molecule has 0 aliphatic rings. The normalized spacial score (nSPS) is 11.2. The third-order valence-corrected chi connectivity index (χ3v) is 5.55. The van der Waals surface area contributed by atoms with Crippen molar-refractivity contribution in [2.45, 2.75) is 16.7 Å². The first-order valence-electron chi connectivity index (χ1n) is 7.87. The third-order valence-electron chi connectivity index (χ3n) is 4.24. The number of primary sulfonamides is 1. The van der Waals surface area contributed by atoms with Crippen LogP contribution in [0.3, 0.4) is 0 Å². The molecule has 0 bridgehead atoms. The fourth-order valence-electron chi connectivity index (χ4n) is 2.78.